The lowest BCUT2D eigenvalue weighted by Crippen LogP contribution is -2.14. The van der Waals surface area contributed by atoms with Crippen molar-refractivity contribution in [1.82, 2.24) is 9.97 Å². The molecule has 2 aliphatic carbocycles. The highest BCUT2D eigenvalue weighted by molar-refractivity contribution is 5.55. The second-order valence-corrected chi connectivity index (χ2v) is 11.0. The molecule has 1 aromatic heterocycles. The van der Waals surface area contributed by atoms with Gasteiger partial charge >= 0.3 is 0 Å². The lowest BCUT2D eigenvalue weighted by atomic mass is 9.77. The Morgan fingerprint density at radius 3 is 1.82 bits per heavy atom. The topological polar surface area (TPSA) is 25.8 Å². The molecule has 0 bridgehead atoms. The molecule has 2 nitrogen and oxygen atoms in total. The first-order valence-corrected chi connectivity index (χ1v) is 14.2. The predicted octanol–water partition coefficient (Wildman–Crippen LogP) is 9.46. The van der Waals surface area contributed by atoms with Crippen molar-refractivity contribution in [3.8, 4) is 11.4 Å². The maximum Gasteiger partial charge on any atom is 0.159 e. The Morgan fingerprint density at radius 1 is 0.636 bits per heavy atom. The van der Waals surface area contributed by atoms with E-state index >= 15 is 0 Å². The molecule has 33 heavy (non-hydrogen) atoms. The minimum Gasteiger partial charge on any atom is -0.236 e. The van der Waals surface area contributed by atoms with Crippen LogP contribution in [0.3, 0.4) is 0 Å². The number of benzene rings is 1. The van der Waals surface area contributed by atoms with Gasteiger partial charge in [0, 0.05) is 18.0 Å². The van der Waals surface area contributed by atoms with E-state index in [0.29, 0.717) is 5.92 Å². The summed E-state index contributed by atoms with van der Waals surface area (Å²) in [7, 11) is 0. The summed E-state index contributed by atoms with van der Waals surface area (Å²) in [5.41, 5.74) is 4.01. The van der Waals surface area contributed by atoms with Crippen LogP contribution in [-0.2, 0) is 0 Å². The summed E-state index contributed by atoms with van der Waals surface area (Å²) in [5, 5.41) is 0. The minimum absolute atomic E-state index is 0.663. The van der Waals surface area contributed by atoms with Crippen molar-refractivity contribution in [2.24, 2.45) is 11.8 Å². The quantitative estimate of drug-likeness (QED) is 0.340. The van der Waals surface area contributed by atoms with Gasteiger partial charge < -0.3 is 0 Å². The average molecular weight is 447 g/mol. The van der Waals surface area contributed by atoms with Crippen molar-refractivity contribution in [3.05, 3.63) is 47.8 Å². The first-order valence-electron chi connectivity index (χ1n) is 14.2. The number of nitrogens with zero attached hydrogens (tertiary/aromatic N) is 2. The van der Waals surface area contributed by atoms with Gasteiger partial charge in [0.15, 0.2) is 5.82 Å². The van der Waals surface area contributed by atoms with Crippen LogP contribution in [0.25, 0.3) is 11.4 Å². The third kappa shape index (κ3) is 6.90. The van der Waals surface area contributed by atoms with Crippen LogP contribution in [0.15, 0.2) is 36.7 Å². The molecule has 2 fully saturated rings. The minimum atomic E-state index is 0.663. The Kier molecular flexibility index (Phi) is 9.38. The molecule has 0 spiro atoms. The fourth-order valence-electron chi connectivity index (χ4n) is 6.33. The number of aromatic nitrogens is 2. The van der Waals surface area contributed by atoms with E-state index in [2.05, 4.69) is 50.5 Å². The lowest BCUT2D eigenvalue weighted by Gasteiger charge is -2.28. The van der Waals surface area contributed by atoms with Gasteiger partial charge in [-0.15, -0.1) is 0 Å². The maximum absolute atomic E-state index is 4.77. The van der Waals surface area contributed by atoms with E-state index in [-0.39, 0.29) is 0 Å². The number of rotatable bonds is 10. The van der Waals surface area contributed by atoms with Crippen molar-refractivity contribution in [2.45, 2.75) is 122 Å². The van der Waals surface area contributed by atoms with Gasteiger partial charge in [-0.05, 0) is 86.2 Å². The molecule has 4 rings (SSSR count). The standard InChI is InChI=1S/C31H46N2/c1-3-5-6-7-8-9-25-12-16-28(17-13-25)30-22-32-31(33-23-30)29-20-18-27(19-21-29)26-14-10-24(4-2)11-15-26/h18-26,28H,3-17H2,1-2H3. The summed E-state index contributed by atoms with van der Waals surface area (Å²) < 4.78 is 0. The molecule has 0 aliphatic heterocycles. The van der Waals surface area contributed by atoms with Crippen molar-refractivity contribution in [1.29, 1.82) is 0 Å². The second-order valence-electron chi connectivity index (χ2n) is 11.0. The number of unbranched alkanes of at least 4 members (excludes halogenated alkanes) is 4. The molecule has 0 radical (unpaired) electrons. The third-order valence-electron chi connectivity index (χ3n) is 8.77. The monoisotopic (exact) mass is 446 g/mol. The van der Waals surface area contributed by atoms with E-state index in [0.717, 1.165) is 29.1 Å². The van der Waals surface area contributed by atoms with E-state index in [1.54, 1.807) is 0 Å². The third-order valence-corrected chi connectivity index (χ3v) is 8.77. The van der Waals surface area contributed by atoms with Gasteiger partial charge in [0.1, 0.15) is 0 Å². The molecule has 0 atom stereocenters. The molecule has 2 heteroatoms. The SMILES string of the molecule is CCCCCCCC1CCC(c2cnc(-c3ccc(C4CCC(CC)CC4)cc3)nc2)CC1. The average Bonchev–Trinajstić information content (AvgIpc) is 2.89. The van der Waals surface area contributed by atoms with Crippen LogP contribution in [0.5, 0.6) is 0 Å². The van der Waals surface area contributed by atoms with Crippen LogP contribution < -0.4 is 0 Å². The Labute approximate surface area is 203 Å². The van der Waals surface area contributed by atoms with Crippen molar-refractivity contribution < 1.29 is 0 Å². The van der Waals surface area contributed by atoms with Crippen molar-refractivity contribution >= 4 is 0 Å². The van der Waals surface area contributed by atoms with Crippen LogP contribution >= 0.6 is 0 Å². The number of hydrogen-bond donors (Lipinski definition) is 0. The van der Waals surface area contributed by atoms with Gasteiger partial charge in [0.2, 0.25) is 0 Å². The van der Waals surface area contributed by atoms with Crippen molar-refractivity contribution in [3.63, 3.8) is 0 Å². The molecular formula is C31H46N2. The highest BCUT2D eigenvalue weighted by Gasteiger charge is 2.23. The maximum atomic E-state index is 4.77. The zero-order chi connectivity index (χ0) is 22.9. The highest BCUT2D eigenvalue weighted by atomic mass is 14.9. The lowest BCUT2D eigenvalue weighted by molar-refractivity contribution is 0.301. The van der Waals surface area contributed by atoms with Gasteiger partial charge in [-0.2, -0.15) is 0 Å². The molecule has 2 aliphatic rings. The van der Waals surface area contributed by atoms with Gasteiger partial charge in [-0.3, -0.25) is 0 Å². The normalized spacial score (nSPS) is 25.8. The fraction of sp³-hybridized carbons (Fsp3) is 0.677. The van der Waals surface area contributed by atoms with Gasteiger partial charge in [0.05, 0.1) is 0 Å². The Hall–Kier alpha value is -1.70. The van der Waals surface area contributed by atoms with Crippen LogP contribution in [0.1, 0.15) is 133 Å². The molecule has 2 saturated carbocycles. The van der Waals surface area contributed by atoms with Crippen LogP contribution in [-0.4, -0.2) is 9.97 Å². The Balaban J connectivity index is 1.25. The molecular weight excluding hydrogens is 400 g/mol. The highest BCUT2D eigenvalue weighted by Crippen LogP contribution is 2.39. The van der Waals surface area contributed by atoms with Gasteiger partial charge in [-0.1, -0.05) is 83.1 Å². The molecule has 2 aromatic rings. The number of hydrogen-bond acceptors (Lipinski definition) is 2. The first-order chi connectivity index (χ1) is 16.3. The summed E-state index contributed by atoms with van der Waals surface area (Å²) in [6, 6.07) is 9.13. The largest absolute Gasteiger partial charge is 0.236 e. The fourth-order valence-corrected chi connectivity index (χ4v) is 6.33. The van der Waals surface area contributed by atoms with E-state index in [4.69, 9.17) is 9.97 Å². The molecule has 0 saturated heterocycles. The molecule has 180 valence electrons. The van der Waals surface area contributed by atoms with Crippen LogP contribution in [0.2, 0.25) is 0 Å². The van der Waals surface area contributed by atoms with Crippen LogP contribution in [0, 0.1) is 11.8 Å². The summed E-state index contributed by atoms with van der Waals surface area (Å²) in [4.78, 5) is 9.55. The first kappa shape index (κ1) is 24.4. The van der Waals surface area contributed by atoms with Gasteiger partial charge in [-0.25, -0.2) is 9.97 Å². The molecule has 0 unspecified atom stereocenters. The molecule has 0 amide bonds. The van der Waals surface area contributed by atoms with Gasteiger partial charge in [0.25, 0.3) is 0 Å². The van der Waals surface area contributed by atoms with E-state index in [1.807, 2.05) is 0 Å². The molecule has 1 heterocycles. The Bertz CT molecular complexity index is 794. The van der Waals surface area contributed by atoms with E-state index < -0.39 is 0 Å². The van der Waals surface area contributed by atoms with E-state index in [1.165, 1.54) is 107 Å². The Morgan fingerprint density at radius 2 is 1.21 bits per heavy atom. The molecule has 1 aromatic carbocycles. The zero-order valence-electron chi connectivity index (χ0n) is 21.3. The zero-order valence-corrected chi connectivity index (χ0v) is 21.3. The van der Waals surface area contributed by atoms with Crippen molar-refractivity contribution in [2.75, 3.05) is 0 Å². The van der Waals surface area contributed by atoms with Crippen LogP contribution in [0.4, 0.5) is 0 Å². The summed E-state index contributed by atoms with van der Waals surface area (Å²) in [5.74, 6) is 4.20. The molecule has 0 N–H and O–H groups in total. The summed E-state index contributed by atoms with van der Waals surface area (Å²) in [6.07, 6.45) is 25.0. The van der Waals surface area contributed by atoms with E-state index in [9.17, 15) is 0 Å². The predicted molar refractivity (Wildman–Crippen MR) is 141 cm³/mol. The smallest absolute Gasteiger partial charge is 0.159 e. The summed E-state index contributed by atoms with van der Waals surface area (Å²) in [6.45, 7) is 4.64. The second kappa shape index (κ2) is 12.7. The summed E-state index contributed by atoms with van der Waals surface area (Å²) >= 11 is 0.